The van der Waals surface area contributed by atoms with Crippen molar-refractivity contribution in [3.8, 4) is 6.07 Å². The van der Waals surface area contributed by atoms with E-state index in [1.54, 1.807) is 6.07 Å². The van der Waals surface area contributed by atoms with Crippen molar-refractivity contribution in [2.45, 2.75) is 6.42 Å². The molecule has 0 atom stereocenters. The van der Waals surface area contributed by atoms with Crippen molar-refractivity contribution in [2.24, 2.45) is 0 Å². The van der Waals surface area contributed by atoms with Gasteiger partial charge in [0.05, 0.1) is 11.6 Å². The van der Waals surface area contributed by atoms with Crippen LogP contribution in [0.15, 0.2) is 18.2 Å². The van der Waals surface area contributed by atoms with Gasteiger partial charge < -0.3 is 0 Å². The Morgan fingerprint density at radius 2 is 2.25 bits per heavy atom. The van der Waals surface area contributed by atoms with E-state index < -0.39 is 0 Å². The van der Waals surface area contributed by atoms with Crippen molar-refractivity contribution in [2.75, 3.05) is 5.33 Å². The average molecular weight is 228 g/mol. The summed E-state index contributed by atoms with van der Waals surface area (Å²) in [5, 5.41) is 9.24. The van der Waals surface area contributed by atoms with Crippen molar-refractivity contribution < 1.29 is 4.39 Å². The third kappa shape index (κ3) is 2.05. The minimum absolute atomic E-state index is 0.242. The van der Waals surface area contributed by atoms with Gasteiger partial charge in [0, 0.05) is 5.33 Å². The van der Waals surface area contributed by atoms with Gasteiger partial charge in [-0.05, 0) is 30.2 Å². The van der Waals surface area contributed by atoms with Crippen molar-refractivity contribution in [1.82, 2.24) is 0 Å². The van der Waals surface area contributed by atoms with Crippen molar-refractivity contribution in [3.63, 3.8) is 0 Å². The molecule has 12 heavy (non-hydrogen) atoms. The molecule has 0 aliphatic rings. The zero-order valence-corrected chi connectivity index (χ0v) is 7.94. The van der Waals surface area contributed by atoms with Crippen molar-refractivity contribution in [3.05, 3.63) is 35.1 Å². The normalized spacial score (nSPS) is 9.42. The van der Waals surface area contributed by atoms with Gasteiger partial charge in [-0.15, -0.1) is 0 Å². The number of rotatable bonds is 2. The molecule has 0 aliphatic carbocycles. The largest absolute Gasteiger partial charge is 0.207 e. The van der Waals surface area contributed by atoms with Crippen LogP contribution in [-0.2, 0) is 6.42 Å². The molecule has 0 saturated carbocycles. The Labute approximate surface area is 79.0 Å². The zero-order chi connectivity index (χ0) is 8.97. The van der Waals surface area contributed by atoms with Crippen molar-refractivity contribution >= 4 is 15.9 Å². The number of benzene rings is 1. The first-order valence-electron chi connectivity index (χ1n) is 3.52. The predicted octanol–water partition coefficient (Wildman–Crippen LogP) is 2.63. The summed E-state index contributed by atoms with van der Waals surface area (Å²) in [6.07, 6.45) is 0.612. The van der Waals surface area contributed by atoms with Gasteiger partial charge in [-0.25, -0.2) is 4.39 Å². The molecular formula is C9H7BrFN. The maximum Gasteiger partial charge on any atom is 0.126 e. The minimum atomic E-state index is -0.242. The van der Waals surface area contributed by atoms with E-state index in [0.29, 0.717) is 22.9 Å². The van der Waals surface area contributed by atoms with E-state index in [4.69, 9.17) is 5.26 Å². The van der Waals surface area contributed by atoms with Crippen LogP contribution in [0.3, 0.4) is 0 Å². The fourth-order valence-electron chi connectivity index (χ4n) is 0.938. The van der Waals surface area contributed by atoms with Gasteiger partial charge in [-0.3, -0.25) is 0 Å². The van der Waals surface area contributed by atoms with Crippen LogP contribution in [-0.4, -0.2) is 5.33 Å². The highest BCUT2D eigenvalue weighted by Crippen LogP contribution is 2.11. The Bertz CT molecular complexity index is 317. The Balaban J connectivity index is 3.01. The van der Waals surface area contributed by atoms with Gasteiger partial charge in [-0.2, -0.15) is 5.26 Å². The van der Waals surface area contributed by atoms with Crippen LogP contribution in [0.1, 0.15) is 11.1 Å². The molecule has 0 amide bonds. The highest BCUT2D eigenvalue weighted by molar-refractivity contribution is 9.09. The molecule has 1 rings (SSSR count). The molecule has 0 bridgehead atoms. The Morgan fingerprint density at radius 3 is 2.83 bits per heavy atom. The predicted molar refractivity (Wildman–Crippen MR) is 48.6 cm³/mol. The van der Waals surface area contributed by atoms with Crippen LogP contribution < -0.4 is 0 Å². The molecule has 62 valence electrons. The molecule has 0 radical (unpaired) electrons. The van der Waals surface area contributed by atoms with E-state index >= 15 is 0 Å². The average Bonchev–Trinajstić information content (AvgIpc) is 2.09. The van der Waals surface area contributed by atoms with Gasteiger partial charge in [0.2, 0.25) is 0 Å². The minimum Gasteiger partial charge on any atom is -0.207 e. The number of nitrogens with zero attached hydrogens (tertiary/aromatic N) is 1. The molecule has 1 aromatic carbocycles. The van der Waals surface area contributed by atoms with Crippen LogP contribution in [0.25, 0.3) is 0 Å². The lowest BCUT2D eigenvalue weighted by molar-refractivity contribution is 0.612. The smallest absolute Gasteiger partial charge is 0.126 e. The first kappa shape index (κ1) is 9.21. The van der Waals surface area contributed by atoms with Gasteiger partial charge in [-0.1, -0.05) is 15.9 Å². The van der Waals surface area contributed by atoms with E-state index in [1.165, 1.54) is 12.1 Å². The highest BCUT2D eigenvalue weighted by atomic mass is 79.9. The fraction of sp³-hybridized carbons (Fsp3) is 0.222. The van der Waals surface area contributed by atoms with E-state index in [1.807, 2.05) is 6.07 Å². The summed E-state index contributed by atoms with van der Waals surface area (Å²) in [5.74, 6) is -0.242. The topological polar surface area (TPSA) is 23.8 Å². The third-order valence-electron chi connectivity index (χ3n) is 1.54. The maximum atomic E-state index is 13.0. The van der Waals surface area contributed by atoms with E-state index in [-0.39, 0.29) is 5.82 Å². The number of hydrogen-bond acceptors (Lipinski definition) is 1. The first-order valence-corrected chi connectivity index (χ1v) is 4.64. The number of nitriles is 1. The number of halogens is 2. The van der Waals surface area contributed by atoms with Crippen LogP contribution in [0.5, 0.6) is 0 Å². The Kier molecular flexibility index (Phi) is 3.24. The van der Waals surface area contributed by atoms with Gasteiger partial charge in [0.15, 0.2) is 0 Å². The van der Waals surface area contributed by atoms with Gasteiger partial charge in [0.25, 0.3) is 0 Å². The molecule has 0 aromatic heterocycles. The molecule has 0 fully saturated rings. The first-order chi connectivity index (χ1) is 5.77. The van der Waals surface area contributed by atoms with Crippen LogP contribution in [0.2, 0.25) is 0 Å². The summed E-state index contributed by atoms with van der Waals surface area (Å²) in [6.45, 7) is 0. The monoisotopic (exact) mass is 227 g/mol. The molecule has 0 aliphatic heterocycles. The summed E-state index contributed by atoms with van der Waals surface area (Å²) in [7, 11) is 0. The summed E-state index contributed by atoms with van der Waals surface area (Å²) in [4.78, 5) is 0. The SMILES string of the molecule is N#Cc1ccc(F)c(CCBr)c1. The molecule has 3 heteroatoms. The molecule has 0 N–H and O–H groups in total. The molecule has 0 spiro atoms. The second-order valence-electron chi connectivity index (χ2n) is 2.36. The summed E-state index contributed by atoms with van der Waals surface area (Å²) >= 11 is 3.22. The number of hydrogen-bond donors (Lipinski definition) is 0. The third-order valence-corrected chi connectivity index (χ3v) is 1.94. The number of alkyl halides is 1. The van der Waals surface area contributed by atoms with Crippen molar-refractivity contribution in [1.29, 1.82) is 5.26 Å². The Hall–Kier alpha value is -0.880. The molecule has 1 nitrogen and oxygen atoms in total. The number of aryl methyl sites for hydroxylation is 1. The van der Waals surface area contributed by atoms with Gasteiger partial charge in [0.1, 0.15) is 5.82 Å². The fourth-order valence-corrected chi connectivity index (χ4v) is 1.36. The van der Waals surface area contributed by atoms with E-state index in [2.05, 4.69) is 15.9 Å². The summed E-state index contributed by atoms with van der Waals surface area (Å²) in [6, 6.07) is 6.36. The second-order valence-corrected chi connectivity index (χ2v) is 3.15. The van der Waals surface area contributed by atoms with E-state index in [0.717, 1.165) is 0 Å². The zero-order valence-electron chi connectivity index (χ0n) is 6.35. The van der Waals surface area contributed by atoms with Crippen LogP contribution >= 0.6 is 15.9 Å². The lowest BCUT2D eigenvalue weighted by atomic mass is 10.1. The molecule has 1 aromatic rings. The second kappa shape index (κ2) is 4.22. The van der Waals surface area contributed by atoms with Crippen LogP contribution in [0, 0.1) is 17.1 Å². The molecule has 0 saturated heterocycles. The van der Waals surface area contributed by atoms with E-state index in [9.17, 15) is 4.39 Å². The molecule has 0 unspecified atom stereocenters. The summed E-state index contributed by atoms with van der Waals surface area (Å²) < 4.78 is 13.0. The lowest BCUT2D eigenvalue weighted by Crippen LogP contribution is -1.92. The lowest BCUT2D eigenvalue weighted by Gasteiger charge is -1.99. The van der Waals surface area contributed by atoms with Gasteiger partial charge >= 0.3 is 0 Å². The summed E-state index contributed by atoms with van der Waals surface area (Å²) in [5.41, 5.74) is 1.10. The molecule has 0 heterocycles. The quantitative estimate of drug-likeness (QED) is 0.713. The maximum absolute atomic E-state index is 13.0. The standard InChI is InChI=1S/C9H7BrFN/c10-4-3-8-5-7(6-12)1-2-9(8)11/h1-2,5H,3-4H2. The molecular weight excluding hydrogens is 221 g/mol. The highest BCUT2D eigenvalue weighted by Gasteiger charge is 2.01. The Morgan fingerprint density at radius 1 is 1.50 bits per heavy atom. The van der Waals surface area contributed by atoms with Crippen LogP contribution in [0.4, 0.5) is 4.39 Å².